The van der Waals surface area contributed by atoms with Crippen molar-refractivity contribution in [3.05, 3.63) is 109 Å². The van der Waals surface area contributed by atoms with Crippen molar-refractivity contribution in [2.75, 3.05) is 6.61 Å². The minimum absolute atomic E-state index is 0.0808. The quantitative estimate of drug-likeness (QED) is 0.0424. The average molecular weight is 816 g/mol. The van der Waals surface area contributed by atoms with Crippen LogP contribution in [0, 0.1) is 0 Å². The Morgan fingerprint density at radius 2 is 0.763 bits per heavy atom. The molecule has 4 heteroatoms. The van der Waals surface area contributed by atoms with Crippen molar-refractivity contribution in [1.29, 1.82) is 0 Å². The Kier molecular flexibility index (Phi) is 46.9. The van der Waals surface area contributed by atoms with E-state index in [0.29, 0.717) is 6.42 Å². The minimum atomic E-state index is -0.863. The third kappa shape index (κ3) is 46.0. The number of carbonyl (C=O) groups is 1. The zero-order valence-corrected chi connectivity index (χ0v) is 38.5. The molecule has 0 bridgehead atoms. The molecule has 2 unspecified atom stereocenters. The molecule has 3 N–H and O–H groups in total. The van der Waals surface area contributed by atoms with Crippen LogP contribution in [0.15, 0.2) is 109 Å². The predicted octanol–water partition coefficient (Wildman–Crippen LogP) is 16.0. The lowest BCUT2D eigenvalue weighted by molar-refractivity contribution is -0.123. The van der Waals surface area contributed by atoms with Gasteiger partial charge in [0.1, 0.15) is 0 Å². The van der Waals surface area contributed by atoms with Crippen molar-refractivity contribution < 1.29 is 15.0 Å². The first-order chi connectivity index (χ1) is 29.2. The fraction of sp³-hybridized carbons (Fsp3) is 0.655. The molecule has 336 valence electrons. The Labute approximate surface area is 366 Å². The lowest BCUT2D eigenvalue weighted by atomic mass is 10.0. The van der Waals surface area contributed by atoms with E-state index in [2.05, 4.69) is 116 Å². The second kappa shape index (κ2) is 49.4. The van der Waals surface area contributed by atoms with Crippen LogP contribution >= 0.6 is 0 Å². The molecule has 4 nitrogen and oxygen atoms in total. The molecule has 0 saturated heterocycles. The fourth-order valence-corrected chi connectivity index (χ4v) is 6.75. The van der Waals surface area contributed by atoms with Crippen LogP contribution in [0.5, 0.6) is 0 Å². The standard InChI is InChI=1S/C55H93NO3/c1-3-5-7-9-11-13-14-15-16-17-18-19-20-21-22-23-24-25-26-27-28-29-30-31-32-33-34-35-36-37-38-39-40-41-42-43-45-47-49-51-55(59)56-53(52-57)54(58)50-48-46-44-12-10-8-6-4-2/h5,7,10-13,15-16,18-19,21-22,24-25,27-28,48,50,53-54,57-58H,3-4,6,8-9,14,17,20,23,26,29-47,49,51-52H2,1-2H3,(H,56,59)/b7-5-,12-10+,13-11-,16-15-,19-18-,22-21-,25-24-,28-27-,50-48+. The third-order valence-corrected chi connectivity index (χ3v) is 10.5. The molecule has 0 aromatic heterocycles. The summed E-state index contributed by atoms with van der Waals surface area (Å²) in [6.07, 6.45) is 75.3. The van der Waals surface area contributed by atoms with Gasteiger partial charge < -0.3 is 15.5 Å². The van der Waals surface area contributed by atoms with Gasteiger partial charge in [-0.1, -0.05) is 232 Å². The fourth-order valence-electron chi connectivity index (χ4n) is 6.75. The maximum absolute atomic E-state index is 12.3. The molecule has 1 amide bonds. The first kappa shape index (κ1) is 56.0. The summed E-state index contributed by atoms with van der Waals surface area (Å²) < 4.78 is 0. The predicted molar refractivity (Wildman–Crippen MR) is 262 cm³/mol. The van der Waals surface area contributed by atoms with E-state index in [9.17, 15) is 15.0 Å². The third-order valence-electron chi connectivity index (χ3n) is 10.5. The van der Waals surface area contributed by atoms with Gasteiger partial charge in [0.15, 0.2) is 0 Å². The Balaban J connectivity index is 3.49. The first-order valence-corrected chi connectivity index (χ1v) is 24.6. The smallest absolute Gasteiger partial charge is 0.220 e. The van der Waals surface area contributed by atoms with Gasteiger partial charge in [-0.3, -0.25) is 4.79 Å². The van der Waals surface area contributed by atoms with E-state index in [1.165, 1.54) is 116 Å². The summed E-state index contributed by atoms with van der Waals surface area (Å²) >= 11 is 0. The van der Waals surface area contributed by atoms with Gasteiger partial charge in [-0.15, -0.1) is 0 Å². The summed E-state index contributed by atoms with van der Waals surface area (Å²) in [4.78, 5) is 12.3. The maximum atomic E-state index is 12.3. The number of carbonyl (C=O) groups excluding carboxylic acids is 1. The number of hydrogen-bond donors (Lipinski definition) is 3. The van der Waals surface area contributed by atoms with Gasteiger partial charge in [0.05, 0.1) is 18.8 Å². The van der Waals surface area contributed by atoms with Crippen LogP contribution in [0.2, 0.25) is 0 Å². The summed E-state index contributed by atoms with van der Waals surface area (Å²) in [6, 6.07) is -0.640. The molecule has 0 aromatic carbocycles. The molecule has 0 radical (unpaired) electrons. The average Bonchev–Trinajstić information content (AvgIpc) is 3.24. The molecule has 0 saturated carbocycles. The van der Waals surface area contributed by atoms with Gasteiger partial charge in [-0.25, -0.2) is 0 Å². The maximum Gasteiger partial charge on any atom is 0.220 e. The molecular formula is C55H93NO3. The highest BCUT2D eigenvalue weighted by Crippen LogP contribution is 2.15. The Hall–Kier alpha value is -2.95. The van der Waals surface area contributed by atoms with E-state index >= 15 is 0 Å². The molecule has 0 aliphatic carbocycles. The van der Waals surface area contributed by atoms with E-state index in [1.54, 1.807) is 6.08 Å². The van der Waals surface area contributed by atoms with E-state index < -0.39 is 12.1 Å². The number of allylic oxidation sites excluding steroid dienone is 17. The summed E-state index contributed by atoms with van der Waals surface area (Å²) in [5.41, 5.74) is 0. The highest BCUT2D eigenvalue weighted by molar-refractivity contribution is 5.76. The molecule has 0 aliphatic rings. The first-order valence-electron chi connectivity index (χ1n) is 24.6. The van der Waals surface area contributed by atoms with Crippen LogP contribution in [0.25, 0.3) is 0 Å². The van der Waals surface area contributed by atoms with Gasteiger partial charge in [0.2, 0.25) is 5.91 Å². The van der Waals surface area contributed by atoms with Crippen molar-refractivity contribution in [1.82, 2.24) is 5.32 Å². The number of amides is 1. The Bertz CT molecular complexity index is 1150. The summed E-state index contributed by atoms with van der Waals surface area (Å²) in [5, 5.41) is 22.8. The number of aliphatic hydroxyl groups excluding tert-OH is 2. The van der Waals surface area contributed by atoms with E-state index in [4.69, 9.17) is 0 Å². The largest absolute Gasteiger partial charge is 0.394 e. The van der Waals surface area contributed by atoms with Crippen LogP contribution in [0.4, 0.5) is 0 Å². The Morgan fingerprint density at radius 3 is 1.19 bits per heavy atom. The number of nitrogens with one attached hydrogen (secondary N) is 1. The SMILES string of the molecule is CC/C=C\C/C=C\C/C=C\C/C=C\C/C=C\C/C=C\C/C=C\CCCCCCCCCCCCCCCCCCCC(=O)NC(CO)C(O)/C=C/CC/C=C/CCCC. The normalized spacial score (nSPS) is 13.9. The molecule has 0 rings (SSSR count). The zero-order chi connectivity index (χ0) is 42.8. The summed E-state index contributed by atoms with van der Waals surface area (Å²) in [6.45, 7) is 4.10. The highest BCUT2D eigenvalue weighted by Gasteiger charge is 2.17. The zero-order valence-electron chi connectivity index (χ0n) is 38.5. The molecule has 2 atom stereocenters. The topological polar surface area (TPSA) is 69.6 Å². The van der Waals surface area contributed by atoms with Crippen molar-refractivity contribution in [3.63, 3.8) is 0 Å². The van der Waals surface area contributed by atoms with Gasteiger partial charge >= 0.3 is 0 Å². The molecule has 0 aromatic rings. The summed E-state index contributed by atoms with van der Waals surface area (Å²) in [7, 11) is 0. The molecule has 0 heterocycles. The second-order valence-corrected chi connectivity index (χ2v) is 16.1. The second-order valence-electron chi connectivity index (χ2n) is 16.1. The minimum Gasteiger partial charge on any atom is -0.394 e. The lowest BCUT2D eigenvalue weighted by Gasteiger charge is -2.19. The van der Waals surface area contributed by atoms with Crippen LogP contribution in [0.1, 0.15) is 213 Å². The van der Waals surface area contributed by atoms with Crippen molar-refractivity contribution >= 4 is 5.91 Å². The summed E-state index contributed by atoms with van der Waals surface area (Å²) in [5.74, 6) is -0.0808. The molecular weight excluding hydrogens is 723 g/mol. The van der Waals surface area contributed by atoms with Crippen LogP contribution in [-0.2, 0) is 4.79 Å². The molecule has 0 fully saturated rings. The molecule has 59 heavy (non-hydrogen) atoms. The van der Waals surface area contributed by atoms with Crippen LogP contribution in [0.3, 0.4) is 0 Å². The van der Waals surface area contributed by atoms with Gasteiger partial charge in [0.25, 0.3) is 0 Å². The number of aliphatic hydroxyl groups is 2. The molecule has 0 spiro atoms. The van der Waals surface area contributed by atoms with Crippen molar-refractivity contribution in [2.45, 2.75) is 225 Å². The lowest BCUT2D eigenvalue weighted by Crippen LogP contribution is -2.45. The van der Waals surface area contributed by atoms with E-state index in [1.807, 2.05) is 6.08 Å². The van der Waals surface area contributed by atoms with E-state index in [-0.39, 0.29) is 12.5 Å². The van der Waals surface area contributed by atoms with Gasteiger partial charge in [-0.05, 0) is 83.5 Å². The Morgan fingerprint density at radius 1 is 0.424 bits per heavy atom. The number of hydrogen-bond acceptors (Lipinski definition) is 3. The highest BCUT2D eigenvalue weighted by atomic mass is 16.3. The number of rotatable bonds is 43. The number of unbranched alkanes of at least 4 members (excludes halogenated alkanes) is 20. The van der Waals surface area contributed by atoms with Gasteiger partial charge in [0, 0.05) is 6.42 Å². The van der Waals surface area contributed by atoms with Crippen LogP contribution in [-0.4, -0.2) is 34.9 Å². The van der Waals surface area contributed by atoms with E-state index in [0.717, 1.165) is 77.0 Å². The van der Waals surface area contributed by atoms with Gasteiger partial charge in [-0.2, -0.15) is 0 Å². The van der Waals surface area contributed by atoms with Crippen LogP contribution < -0.4 is 5.32 Å². The van der Waals surface area contributed by atoms with Crippen molar-refractivity contribution in [2.24, 2.45) is 0 Å². The van der Waals surface area contributed by atoms with Crippen molar-refractivity contribution in [3.8, 4) is 0 Å². The monoisotopic (exact) mass is 816 g/mol. The molecule has 0 aliphatic heterocycles.